The number of aliphatic hydroxyl groups excluding tert-OH is 1. The molecular weight excluding hydrogens is 758 g/mol. The number of rotatable bonds is 14. The van der Waals surface area contributed by atoms with Crippen LogP contribution in [0.1, 0.15) is 34.7 Å². The lowest BCUT2D eigenvalue weighted by Crippen LogP contribution is -2.55. The highest BCUT2D eigenvalue weighted by Gasteiger charge is 2.31. The summed E-state index contributed by atoms with van der Waals surface area (Å²) in [7, 11) is 1.94. The number of piperazine rings is 2. The fourth-order valence-electron chi connectivity index (χ4n) is 7.53. The van der Waals surface area contributed by atoms with Crippen molar-refractivity contribution in [2.75, 3.05) is 82.4 Å². The van der Waals surface area contributed by atoms with E-state index in [1.807, 2.05) is 83.6 Å². The van der Waals surface area contributed by atoms with Gasteiger partial charge in [0.05, 0.1) is 12.2 Å². The van der Waals surface area contributed by atoms with Crippen LogP contribution < -0.4 is 15.1 Å². The summed E-state index contributed by atoms with van der Waals surface area (Å²) in [5, 5.41) is 12.3. The molecule has 4 aromatic rings. The maximum Gasteiger partial charge on any atom is 0.416 e. The summed E-state index contributed by atoms with van der Waals surface area (Å²) in [6.45, 7) is 7.89. The molecule has 1 atom stereocenters. The lowest BCUT2D eigenvalue weighted by molar-refractivity contribution is -0.138. The average molecular weight is 811 g/mol. The Balaban J connectivity index is 1.17. The summed E-state index contributed by atoms with van der Waals surface area (Å²) in [5.41, 5.74) is 4.81. The summed E-state index contributed by atoms with van der Waals surface area (Å²) in [5.74, 6) is -0.615. The lowest BCUT2D eigenvalue weighted by Gasteiger charge is -2.36. The smallest absolute Gasteiger partial charge is 0.395 e. The van der Waals surface area contributed by atoms with E-state index in [-0.39, 0.29) is 31.3 Å². The van der Waals surface area contributed by atoms with Crippen LogP contribution in [-0.4, -0.2) is 116 Å². The van der Waals surface area contributed by atoms with E-state index < -0.39 is 23.7 Å². The summed E-state index contributed by atoms with van der Waals surface area (Å²) in [4.78, 5) is 50.5. The fraction of sp³-hybridized carbons (Fsp3) is 0.370. The molecule has 3 amide bonds. The minimum Gasteiger partial charge on any atom is -0.395 e. The Hall–Kier alpha value is -5.66. The molecule has 0 bridgehead atoms. The minimum atomic E-state index is -4.50. The van der Waals surface area contributed by atoms with E-state index in [4.69, 9.17) is 0 Å². The molecule has 2 N–H and O–H groups in total. The number of halogens is 3. The molecule has 6 rings (SSSR count). The summed E-state index contributed by atoms with van der Waals surface area (Å²) in [6.07, 6.45) is -2.47. The van der Waals surface area contributed by atoms with Crippen LogP contribution in [0.2, 0.25) is 0 Å². The minimum absolute atomic E-state index is 0.0545. The molecule has 2 heterocycles. The molecule has 13 heteroatoms. The topological polar surface area (TPSA) is 99.7 Å². The Labute approximate surface area is 344 Å². The van der Waals surface area contributed by atoms with Crippen molar-refractivity contribution in [3.8, 4) is 0 Å². The molecule has 4 aromatic carbocycles. The zero-order chi connectivity index (χ0) is 41.9. The second kappa shape index (κ2) is 19.9. The van der Waals surface area contributed by atoms with Crippen molar-refractivity contribution < 1.29 is 32.7 Å². The summed E-state index contributed by atoms with van der Waals surface area (Å²) in [6, 6.07) is 29.3. The van der Waals surface area contributed by atoms with Crippen LogP contribution in [0.3, 0.4) is 0 Å². The van der Waals surface area contributed by atoms with Gasteiger partial charge in [-0.15, -0.1) is 0 Å². The highest BCUT2D eigenvalue weighted by molar-refractivity contribution is 6.01. The monoisotopic (exact) mass is 810 g/mol. The molecule has 10 nitrogen and oxygen atoms in total. The van der Waals surface area contributed by atoms with Crippen LogP contribution >= 0.6 is 0 Å². The van der Waals surface area contributed by atoms with Crippen molar-refractivity contribution in [2.24, 2.45) is 0 Å². The largest absolute Gasteiger partial charge is 0.416 e. The Morgan fingerprint density at radius 3 is 1.97 bits per heavy atom. The van der Waals surface area contributed by atoms with E-state index >= 15 is 0 Å². The molecular formula is C46H53F3N6O4. The molecule has 2 fully saturated rings. The van der Waals surface area contributed by atoms with Crippen LogP contribution in [-0.2, 0) is 39.9 Å². The van der Waals surface area contributed by atoms with E-state index in [1.54, 1.807) is 17.9 Å². The number of amides is 3. The quantitative estimate of drug-likeness (QED) is 0.163. The number of aliphatic hydroxyl groups is 1. The molecule has 2 saturated heterocycles. The van der Waals surface area contributed by atoms with Crippen molar-refractivity contribution in [3.63, 3.8) is 0 Å². The maximum absolute atomic E-state index is 14.3. The van der Waals surface area contributed by atoms with Gasteiger partial charge < -0.3 is 30.0 Å². The van der Waals surface area contributed by atoms with E-state index in [0.29, 0.717) is 70.0 Å². The molecule has 2 aliphatic rings. The number of hydrogen-bond acceptors (Lipinski definition) is 7. The Morgan fingerprint density at radius 2 is 1.37 bits per heavy atom. The number of alkyl halides is 3. The van der Waals surface area contributed by atoms with Gasteiger partial charge in [0.1, 0.15) is 6.04 Å². The van der Waals surface area contributed by atoms with Crippen LogP contribution in [0, 0.1) is 0 Å². The molecule has 59 heavy (non-hydrogen) atoms. The summed E-state index contributed by atoms with van der Waals surface area (Å²) < 4.78 is 40.2. The number of benzene rings is 4. The van der Waals surface area contributed by atoms with Crippen LogP contribution in [0.4, 0.5) is 24.5 Å². The standard InChI is InChI=1S/C46H53F3N6O4/c1-34(57)53-24-26-54(27-25-53)42-18-10-37(11-19-42)31-39(30-36-8-14-40(15-9-36)46(47,48)49)44(58)50-43(32-35-6-4-3-5-7-35)45(59)55-22-20-52(21-23-55)33-38-12-16-41(17-13-38)51(2)28-29-56/h3-19,30,43,56H,20-29,31-33H2,1-2H3,(H,50,58). The van der Waals surface area contributed by atoms with E-state index in [9.17, 15) is 32.7 Å². The Morgan fingerprint density at radius 1 is 0.763 bits per heavy atom. The lowest BCUT2D eigenvalue weighted by atomic mass is 9.99. The van der Waals surface area contributed by atoms with Gasteiger partial charge in [-0.2, -0.15) is 13.2 Å². The van der Waals surface area contributed by atoms with E-state index in [2.05, 4.69) is 27.2 Å². The molecule has 0 radical (unpaired) electrons. The molecule has 0 aromatic heterocycles. The van der Waals surface area contributed by atoms with Crippen molar-refractivity contribution >= 4 is 35.2 Å². The SMILES string of the molecule is CC(=O)N1CCN(c2ccc(CC(=Cc3ccc(C(F)(F)F)cc3)C(=O)NC(Cc3ccccc3)C(=O)N3CCN(Cc4ccc(N(C)CCO)cc4)CC3)cc2)CC1. The third-order valence-electron chi connectivity index (χ3n) is 11.1. The first-order chi connectivity index (χ1) is 28.4. The summed E-state index contributed by atoms with van der Waals surface area (Å²) >= 11 is 0. The second-order valence-electron chi connectivity index (χ2n) is 15.3. The van der Waals surface area contributed by atoms with Crippen LogP contribution in [0.5, 0.6) is 0 Å². The first-order valence-corrected chi connectivity index (χ1v) is 20.1. The van der Waals surface area contributed by atoms with E-state index in [1.165, 1.54) is 12.1 Å². The van der Waals surface area contributed by atoms with Gasteiger partial charge in [-0.3, -0.25) is 19.3 Å². The average Bonchev–Trinajstić information content (AvgIpc) is 3.24. The molecule has 0 aliphatic carbocycles. The van der Waals surface area contributed by atoms with Gasteiger partial charge in [0, 0.05) is 109 Å². The molecule has 312 valence electrons. The number of hydrogen-bond donors (Lipinski definition) is 2. The predicted molar refractivity (Wildman–Crippen MR) is 225 cm³/mol. The fourth-order valence-corrected chi connectivity index (χ4v) is 7.53. The Bertz CT molecular complexity index is 2030. The van der Waals surface area contributed by atoms with Crippen LogP contribution in [0.25, 0.3) is 6.08 Å². The molecule has 1 unspecified atom stereocenters. The highest BCUT2D eigenvalue weighted by Crippen LogP contribution is 2.30. The van der Waals surface area contributed by atoms with Crippen molar-refractivity contribution in [2.45, 2.75) is 38.5 Å². The van der Waals surface area contributed by atoms with Gasteiger partial charge in [0.15, 0.2) is 0 Å². The van der Waals surface area contributed by atoms with Gasteiger partial charge in [-0.1, -0.05) is 66.7 Å². The highest BCUT2D eigenvalue weighted by atomic mass is 19.4. The van der Waals surface area contributed by atoms with Crippen LogP contribution in [0.15, 0.2) is 109 Å². The normalized spacial score (nSPS) is 15.8. The van der Waals surface area contributed by atoms with Gasteiger partial charge >= 0.3 is 6.18 Å². The number of carbonyl (C=O) groups excluding carboxylic acids is 3. The number of likely N-dealkylation sites (N-methyl/N-ethyl adjacent to an activating group) is 1. The number of nitrogens with one attached hydrogen (secondary N) is 1. The Kier molecular flexibility index (Phi) is 14.5. The molecule has 0 saturated carbocycles. The zero-order valence-corrected chi connectivity index (χ0v) is 33.7. The van der Waals surface area contributed by atoms with Crippen molar-refractivity contribution in [1.29, 1.82) is 0 Å². The number of anilines is 2. The predicted octanol–water partition coefficient (Wildman–Crippen LogP) is 5.50. The zero-order valence-electron chi connectivity index (χ0n) is 33.7. The van der Waals surface area contributed by atoms with Crippen molar-refractivity contribution in [3.05, 3.63) is 137 Å². The van der Waals surface area contributed by atoms with Crippen molar-refractivity contribution in [1.82, 2.24) is 20.0 Å². The second-order valence-corrected chi connectivity index (χ2v) is 15.3. The van der Waals surface area contributed by atoms with Gasteiger partial charge in [0.25, 0.3) is 0 Å². The van der Waals surface area contributed by atoms with Gasteiger partial charge in [-0.25, -0.2) is 0 Å². The third kappa shape index (κ3) is 12.0. The molecule has 2 aliphatic heterocycles. The number of carbonyl (C=O) groups is 3. The maximum atomic E-state index is 14.3. The van der Waals surface area contributed by atoms with E-state index in [0.717, 1.165) is 46.7 Å². The first-order valence-electron chi connectivity index (χ1n) is 20.1. The van der Waals surface area contributed by atoms with Gasteiger partial charge in [0.2, 0.25) is 17.7 Å². The third-order valence-corrected chi connectivity index (χ3v) is 11.1. The number of nitrogens with zero attached hydrogens (tertiary/aromatic N) is 5. The van der Waals surface area contributed by atoms with Gasteiger partial charge in [-0.05, 0) is 64.7 Å². The first kappa shape index (κ1) is 42.9. The molecule has 0 spiro atoms.